The van der Waals surface area contributed by atoms with Crippen LogP contribution in [0.15, 0.2) is 17.2 Å². The molecule has 0 aliphatic rings. The van der Waals surface area contributed by atoms with Crippen LogP contribution in [0, 0.1) is 0 Å². The highest BCUT2D eigenvalue weighted by Gasteiger charge is 2.03. The van der Waals surface area contributed by atoms with Crippen LogP contribution in [0.2, 0.25) is 0 Å². The summed E-state index contributed by atoms with van der Waals surface area (Å²) in [6.45, 7) is 2.67. The van der Waals surface area contributed by atoms with Gasteiger partial charge in [-0.3, -0.25) is 0 Å². The number of aromatic amines is 1. The van der Waals surface area contributed by atoms with Crippen molar-refractivity contribution in [1.82, 2.24) is 19.6 Å². The van der Waals surface area contributed by atoms with Gasteiger partial charge >= 0.3 is 5.69 Å². The number of nitrogens with zero attached hydrogens (tertiary/aromatic N) is 3. The van der Waals surface area contributed by atoms with E-state index in [1.807, 2.05) is 6.92 Å². The van der Waals surface area contributed by atoms with E-state index in [1.54, 1.807) is 6.07 Å². The lowest BCUT2D eigenvalue weighted by atomic mass is 10.2. The molecule has 0 amide bonds. The van der Waals surface area contributed by atoms with Crippen molar-refractivity contribution < 1.29 is 0 Å². The van der Waals surface area contributed by atoms with Crippen LogP contribution in [0.25, 0.3) is 5.65 Å². The Balaban J connectivity index is 2.17. The molecule has 0 aromatic carbocycles. The van der Waals surface area contributed by atoms with Gasteiger partial charge in [-0.1, -0.05) is 6.92 Å². The second kappa shape index (κ2) is 4.31. The summed E-state index contributed by atoms with van der Waals surface area (Å²) in [5.41, 5.74) is 6.01. The lowest BCUT2D eigenvalue weighted by molar-refractivity contribution is 0.677. The third kappa shape index (κ3) is 2.03. The second-order valence-electron chi connectivity index (χ2n) is 3.58. The van der Waals surface area contributed by atoms with Gasteiger partial charge in [0.05, 0.1) is 0 Å². The van der Waals surface area contributed by atoms with Gasteiger partial charge < -0.3 is 11.1 Å². The molecule has 0 radical (unpaired) electrons. The minimum absolute atomic E-state index is 0.0967. The van der Waals surface area contributed by atoms with Crippen molar-refractivity contribution in [2.75, 3.05) is 11.9 Å². The molecule has 2 aromatic rings. The van der Waals surface area contributed by atoms with Crippen LogP contribution in [0.3, 0.4) is 0 Å². The van der Waals surface area contributed by atoms with E-state index in [0.29, 0.717) is 18.0 Å². The summed E-state index contributed by atoms with van der Waals surface area (Å²) in [6, 6.07) is 1.79. The predicted octanol–water partition coefficient (Wildman–Crippen LogP) is -0.433. The molecule has 0 fully saturated rings. The molecule has 2 aromatic heterocycles. The van der Waals surface area contributed by atoms with Gasteiger partial charge in [-0.2, -0.15) is 5.10 Å². The zero-order valence-corrected chi connectivity index (χ0v) is 8.97. The lowest BCUT2D eigenvalue weighted by Crippen LogP contribution is -2.28. The Morgan fingerprint density at radius 1 is 1.69 bits per heavy atom. The van der Waals surface area contributed by atoms with E-state index < -0.39 is 0 Å². The third-order valence-electron chi connectivity index (χ3n) is 2.38. The molecule has 1 unspecified atom stereocenters. The van der Waals surface area contributed by atoms with Gasteiger partial charge in [0.15, 0.2) is 5.65 Å². The quantitative estimate of drug-likeness (QED) is 0.651. The second-order valence-corrected chi connectivity index (χ2v) is 3.58. The fourth-order valence-electron chi connectivity index (χ4n) is 1.29. The average Bonchev–Trinajstić information content (AvgIpc) is 2.67. The van der Waals surface area contributed by atoms with E-state index in [0.717, 1.165) is 6.42 Å². The van der Waals surface area contributed by atoms with E-state index in [1.165, 1.54) is 10.7 Å². The molecule has 2 rings (SSSR count). The number of nitrogens with two attached hydrogens (primary N) is 1. The highest BCUT2D eigenvalue weighted by atomic mass is 16.1. The molecule has 86 valence electrons. The van der Waals surface area contributed by atoms with Gasteiger partial charge in [0.2, 0.25) is 0 Å². The van der Waals surface area contributed by atoms with Gasteiger partial charge in [0, 0.05) is 18.7 Å². The molecule has 7 heteroatoms. The van der Waals surface area contributed by atoms with Crippen LogP contribution >= 0.6 is 0 Å². The highest BCUT2D eigenvalue weighted by molar-refractivity contribution is 5.48. The number of nitrogens with one attached hydrogen (secondary N) is 2. The Morgan fingerprint density at radius 2 is 2.50 bits per heavy atom. The molecular weight excluding hydrogens is 208 g/mol. The first-order chi connectivity index (χ1) is 7.70. The fourth-order valence-corrected chi connectivity index (χ4v) is 1.29. The molecule has 0 saturated carbocycles. The van der Waals surface area contributed by atoms with Crippen LogP contribution in [0.1, 0.15) is 13.3 Å². The molecular formula is C9H14N6O. The first kappa shape index (κ1) is 10.6. The van der Waals surface area contributed by atoms with Gasteiger partial charge in [-0.05, 0) is 6.42 Å². The summed E-state index contributed by atoms with van der Waals surface area (Å²) in [4.78, 5) is 15.2. The van der Waals surface area contributed by atoms with Crippen molar-refractivity contribution in [3.63, 3.8) is 0 Å². The van der Waals surface area contributed by atoms with E-state index in [4.69, 9.17) is 5.73 Å². The molecule has 4 N–H and O–H groups in total. The van der Waals surface area contributed by atoms with Gasteiger partial charge in [0.25, 0.3) is 0 Å². The van der Waals surface area contributed by atoms with Crippen molar-refractivity contribution in [3.05, 3.63) is 22.9 Å². The van der Waals surface area contributed by atoms with E-state index in [-0.39, 0.29) is 11.7 Å². The van der Waals surface area contributed by atoms with E-state index >= 15 is 0 Å². The predicted molar refractivity (Wildman–Crippen MR) is 60.4 cm³/mol. The average molecular weight is 222 g/mol. The number of anilines is 1. The van der Waals surface area contributed by atoms with Crippen LogP contribution in [0.5, 0.6) is 0 Å². The smallest absolute Gasteiger partial charge is 0.348 e. The number of hydrogen-bond acceptors (Lipinski definition) is 5. The Labute approximate surface area is 91.7 Å². The van der Waals surface area contributed by atoms with Crippen LogP contribution < -0.4 is 16.7 Å². The Morgan fingerprint density at radius 3 is 3.25 bits per heavy atom. The standard InChI is InChI=1S/C9H14N6O/c1-2-6(10)4-11-7-3-8-13-14-9(16)15(8)5-12-7/h3,5-6,11H,2,4,10H2,1H3,(H,14,16). The highest BCUT2D eigenvalue weighted by Crippen LogP contribution is 2.04. The maximum atomic E-state index is 11.2. The molecule has 1 atom stereocenters. The Hall–Kier alpha value is -1.89. The maximum Gasteiger partial charge on any atom is 0.348 e. The first-order valence-electron chi connectivity index (χ1n) is 5.13. The topological polar surface area (TPSA) is 101 Å². The molecule has 2 heterocycles. The molecule has 0 aliphatic heterocycles. The largest absolute Gasteiger partial charge is 0.368 e. The molecule has 0 saturated heterocycles. The molecule has 7 nitrogen and oxygen atoms in total. The summed E-state index contributed by atoms with van der Waals surface area (Å²) >= 11 is 0. The Kier molecular flexibility index (Phi) is 2.86. The van der Waals surface area contributed by atoms with Crippen LogP contribution in [-0.4, -0.2) is 32.2 Å². The number of rotatable bonds is 4. The number of hydrogen-bond donors (Lipinski definition) is 3. The molecule has 0 bridgehead atoms. The minimum Gasteiger partial charge on any atom is -0.368 e. The normalized spacial score (nSPS) is 12.9. The summed E-state index contributed by atoms with van der Waals surface area (Å²) < 4.78 is 1.34. The van der Waals surface area contributed by atoms with Crippen molar-refractivity contribution in [1.29, 1.82) is 0 Å². The van der Waals surface area contributed by atoms with Crippen molar-refractivity contribution >= 4 is 11.5 Å². The third-order valence-corrected chi connectivity index (χ3v) is 2.38. The minimum atomic E-state index is -0.292. The summed E-state index contributed by atoms with van der Waals surface area (Å²) in [5, 5.41) is 9.28. The zero-order valence-electron chi connectivity index (χ0n) is 8.97. The molecule has 0 spiro atoms. The molecule has 0 aliphatic carbocycles. The maximum absolute atomic E-state index is 11.2. The van der Waals surface area contributed by atoms with Crippen molar-refractivity contribution in [2.45, 2.75) is 19.4 Å². The first-order valence-corrected chi connectivity index (χ1v) is 5.13. The number of fused-ring (bicyclic) bond motifs is 1. The van der Waals surface area contributed by atoms with E-state index in [9.17, 15) is 4.79 Å². The number of H-pyrrole nitrogens is 1. The lowest BCUT2D eigenvalue weighted by Gasteiger charge is -2.10. The summed E-state index contributed by atoms with van der Waals surface area (Å²) in [7, 11) is 0. The van der Waals surface area contributed by atoms with Crippen molar-refractivity contribution in [2.24, 2.45) is 5.73 Å². The van der Waals surface area contributed by atoms with E-state index in [2.05, 4.69) is 20.5 Å². The van der Waals surface area contributed by atoms with Crippen LogP contribution in [0.4, 0.5) is 5.82 Å². The monoisotopic (exact) mass is 222 g/mol. The SMILES string of the molecule is CCC(N)CNc1cc2n[nH]c(=O)n2cn1. The van der Waals surface area contributed by atoms with Gasteiger partial charge in [-0.25, -0.2) is 19.3 Å². The van der Waals surface area contributed by atoms with Gasteiger partial charge in [-0.15, -0.1) is 0 Å². The summed E-state index contributed by atoms with van der Waals surface area (Å²) in [6.07, 6.45) is 2.33. The molecule has 16 heavy (non-hydrogen) atoms. The fraction of sp³-hybridized carbons (Fsp3) is 0.444. The summed E-state index contributed by atoms with van der Waals surface area (Å²) in [5.74, 6) is 0.662. The van der Waals surface area contributed by atoms with Crippen LogP contribution in [-0.2, 0) is 0 Å². The zero-order chi connectivity index (χ0) is 11.5. The Bertz CT molecular complexity index is 530. The number of aromatic nitrogens is 4. The van der Waals surface area contributed by atoms with Gasteiger partial charge in [0.1, 0.15) is 12.1 Å². The van der Waals surface area contributed by atoms with Crippen molar-refractivity contribution in [3.8, 4) is 0 Å².